The minimum Gasteiger partial charge on any atom is -0.367 e. The Balaban J connectivity index is 1.66. The van der Waals surface area contributed by atoms with Crippen LogP contribution in [0.1, 0.15) is 11.1 Å². The van der Waals surface area contributed by atoms with Gasteiger partial charge in [-0.1, -0.05) is 53.1 Å². The van der Waals surface area contributed by atoms with Gasteiger partial charge in [-0.15, -0.1) is 0 Å². The van der Waals surface area contributed by atoms with E-state index in [-0.39, 0.29) is 36.1 Å². The molecule has 3 rings (SSSR count). The Hall–Kier alpha value is -2.43. The first-order chi connectivity index (χ1) is 16.1. The van der Waals surface area contributed by atoms with Crippen LogP contribution in [0.15, 0.2) is 82.6 Å². The molecule has 0 amide bonds. The monoisotopic (exact) mass is 523 g/mol. The molecule has 3 aromatic rings. The van der Waals surface area contributed by atoms with E-state index in [1.807, 2.05) is 13.8 Å². The molecule has 7 nitrogen and oxygen atoms in total. The summed E-state index contributed by atoms with van der Waals surface area (Å²) < 4.78 is 60.3. The second-order valence-corrected chi connectivity index (χ2v) is 11.3. The van der Waals surface area contributed by atoms with E-state index in [1.165, 1.54) is 24.3 Å². The van der Waals surface area contributed by atoms with Crippen molar-refractivity contribution in [2.75, 3.05) is 31.2 Å². The van der Waals surface area contributed by atoms with Crippen molar-refractivity contribution in [3.05, 3.63) is 88.9 Å². The van der Waals surface area contributed by atoms with Crippen LogP contribution < -0.4 is 4.90 Å². The van der Waals surface area contributed by atoms with Crippen LogP contribution in [-0.4, -0.2) is 43.1 Å². The van der Waals surface area contributed by atoms with E-state index in [4.69, 9.17) is 20.0 Å². The third kappa shape index (κ3) is 7.28. The number of aryl methyl sites for hydroxylation is 2. The molecular formula is C24H26ClNO6S2. The molecule has 0 bridgehead atoms. The molecule has 0 aromatic heterocycles. The first-order valence-electron chi connectivity index (χ1n) is 10.5. The largest absolute Gasteiger partial charge is 0.367 e. The van der Waals surface area contributed by atoms with Gasteiger partial charge in [-0.05, 0) is 56.3 Å². The van der Waals surface area contributed by atoms with E-state index in [2.05, 4.69) is 0 Å². The minimum atomic E-state index is -3.93. The Kier molecular flexibility index (Phi) is 8.72. The fraction of sp³-hybridized carbons (Fsp3) is 0.250. The van der Waals surface area contributed by atoms with E-state index in [0.29, 0.717) is 10.7 Å². The third-order valence-corrected chi connectivity index (χ3v) is 7.88. The van der Waals surface area contributed by atoms with E-state index >= 15 is 0 Å². The Morgan fingerprint density at radius 2 is 1.15 bits per heavy atom. The third-order valence-electron chi connectivity index (χ3n) is 4.99. The topological polar surface area (TPSA) is 90.0 Å². The van der Waals surface area contributed by atoms with E-state index in [0.717, 1.165) is 11.1 Å². The van der Waals surface area contributed by atoms with Crippen molar-refractivity contribution in [1.29, 1.82) is 0 Å². The standard InChI is InChI=1S/C24H26ClNO6S2/c1-19-6-10-23(11-7-19)33(27,28)31-16-14-26(22-5-3-4-21(25)18-22)15-17-32-34(29,30)24-12-8-20(2)9-13-24/h3-13,18H,14-17H2,1-2H3. The van der Waals surface area contributed by atoms with Crippen molar-refractivity contribution in [3.63, 3.8) is 0 Å². The van der Waals surface area contributed by atoms with Gasteiger partial charge in [0.05, 0.1) is 23.0 Å². The van der Waals surface area contributed by atoms with Gasteiger partial charge < -0.3 is 4.90 Å². The molecule has 0 atom stereocenters. The molecule has 0 heterocycles. The normalized spacial score (nSPS) is 12.0. The Bertz CT molecular complexity index is 1230. The lowest BCUT2D eigenvalue weighted by Gasteiger charge is -2.24. The van der Waals surface area contributed by atoms with Crippen LogP contribution in [0.25, 0.3) is 0 Å². The van der Waals surface area contributed by atoms with Crippen LogP contribution in [0.2, 0.25) is 5.02 Å². The van der Waals surface area contributed by atoms with Crippen LogP contribution in [0.4, 0.5) is 5.69 Å². The Labute approximate surface area is 206 Å². The molecule has 0 aliphatic rings. The molecule has 0 unspecified atom stereocenters. The number of rotatable bonds is 11. The number of benzene rings is 3. The fourth-order valence-electron chi connectivity index (χ4n) is 3.10. The number of anilines is 1. The molecule has 3 aromatic carbocycles. The highest BCUT2D eigenvalue weighted by atomic mass is 35.5. The van der Waals surface area contributed by atoms with E-state index in [1.54, 1.807) is 53.4 Å². The molecule has 0 N–H and O–H groups in total. The summed E-state index contributed by atoms with van der Waals surface area (Å²) in [4.78, 5) is 1.89. The predicted octanol–water partition coefficient (Wildman–Crippen LogP) is 4.57. The Morgan fingerprint density at radius 3 is 1.56 bits per heavy atom. The minimum absolute atomic E-state index is 0.0694. The van der Waals surface area contributed by atoms with Gasteiger partial charge in [0.25, 0.3) is 20.2 Å². The SMILES string of the molecule is Cc1ccc(S(=O)(=O)OCCN(CCOS(=O)(=O)c2ccc(C)cc2)c2cccc(Cl)c2)cc1. The second kappa shape index (κ2) is 11.3. The summed E-state index contributed by atoms with van der Waals surface area (Å²) in [5.41, 5.74) is 2.55. The number of hydrogen-bond acceptors (Lipinski definition) is 7. The molecule has 0 aliphatic carbocycles. The van der Waals surface area contributed by atoms with Crippen molar-refractivity contribution >= 4 is 37.5 Å². The second-order valence-electron chi connectivity index (χ2n) is 7.65. The summed E-state index contributed by atoms with van der Waals surface area (Å²) in [6, 6.07) is 19.7. The molecule has 34 heavy (non-hydrogen) atoms. The summed E-state index contributed by atoms with van der Waals surface area (Å²) in [5.74, 6) is 0. The summed E-state index contributed by atoms with van der Waals surface area (Å²) >= 11 is 6.11. The van der Waals surface area contributed by atoms with Crippen LogP contribution in [0, 0.1) is 13.8 Å². The summed E-state index contributed by atoms with van der Waals surface area (Å²) in [5, 5.41) is 0.490. The molecular weight excluding hydrogens is 498 g/mol. The summed E-state index contributed by atoms with van der Waals surface area (Å²) in [6.45, 7) is 3.77. The highest BCUT2D eigenvalue weighted by molar-refractivity contribution is 7.87. The number of hydrogen-bond donors (Lipinski definition) is 0. The van der Waals surface area contributed by atoms with Gasteiger partial charge >= 0.3 is 0 Å². The molecule has 0 radical (unpaired) electrons. The molecule has 0 fully saturated rings. The quantitative estimate of drug-likeness (QED) is 0.340. The maximum Gasteiger partial charge on any atom is 0.297 e. The van der Waals surface area contributed by atoms with E-state index < -0.39 is 20.2 Å². The van der Waals surface area contributed by atoms with Crippen molar-refractivity contribution in [1.82, 2.24) is 0 Å². The lowest BCUT2D eigenvalue weighted by atomic mass is 10.2. The molecule has 182 valence electrons. The smallest absolute Gasteiger partial charge is 0.297 e. The zero-order chi connectivity index (χ0) is 24.8. The lowest BCUT2D eigenvalue weighted by Crippen LogP contribution is -2.32. The molecule has 10 heteroatoms. The molecule has 0 saturated carbocycles. The average molecular weight is 524 g/mol. The number of nitrogens with zero attached hydrogens (tertiary/aromatic N) is 1. The van der Waals surface area contributed by atoms with Crippen LogP contribution in [0.3, 0.4) is 0 Å². The first kappa shape index (κ1) is 26.2. The van der Waals surface area contributed by atoms with Crippen LogP contribution in [0.5, 0.6) is 0 Å². The highest BCUT2D eigenvalue weighted by Gasteiger charge is 2.18. The van der Waals surface area contributed by atoms with Crippen molar-refractivity contribution in [2.24, 2.45) is 0 Å². The van der Waals surface area contributed by atoms with Crippen LogP contribution >= 0.6 is 11.6 Å². The van der Waals surface area contributed by atoms with Gasteiger partial charge in [0.1, 0.15) is 0 Å². The highest BCUT2D eigenvalue weighted by Crippen LogP contribution is 2.21. The zero-order valence-electron chi connectivity index (χ0n) is 18.8. The van der Waals surface area contributed by atoms with Gasteiger partial charge in [-0.3, -0.25) is 8.37 Å². The first-order valence-corrected chi connectivity index (χ1v) is 13.7. The maximum atomic E-state index is 12.5. The van der Waals surface area contributed by atoms with Gasteiger partial charge in [0.15, 0.2) is 0 Å². The van der Waals surface area contributed by atoms with Gasteiger partial charge in [-0.2, -0.15) is 16.8 Å². The van der Waals surface area contributed by atoms with E-state index in [9.17, 15) is 16.8 Å². The predicted molar refractivity (Wildman–Crippen MR) is 132 cm³/mol. The van der Waals surface area contributed by atoms with Gasteiger partial charge in [-0.25, -0.2) is 0 Å². The summed E-state index contributed by atoms with van der Waals surface area (Å²) in [6.07, 6.45) is 0. The molecule has 0 saturated heterocycles. The van der Waals surface area contributed by atoms with Gasteiger partial charge in [0.2, 0.25) is 0 Å². The fourth-order valence-corrected chi connectivity index (χ4v) is 5.09. The summed E-state index contributed by atoms with van der Waals surface area (Å²) in [7, 11) is -7.85. The molecule has 0 aliphatic heterocycles. The average Bonchev–Trinajstić information content (AvgIpc) is 2.78. The Morgan fingerprint density at radius 1 is 0.706 bits per heavy atom. The van der Waals surface area contributed by atoms with Gasteiger partial charge in [0, 0.05) is 23.8 Å². The van der Waals surface area contributed by atoms with Crippen LogP contribution in [-0.2, 0) is 28.6 Å². The van der Waals surface area contributed by atoms with Crippen molar-refractivity contribution in [3.8, 4) is 0 Å². The zero-order valence-corrected chi connectivity index (χ0v) is 21.2. The maximum absolute atomic E-state index is 12.5. The van der Waals surface area contributed by atoms with Crippen molar-refractivity contribution < 1.29 is 25.2 Å². The lowest BCUT2D eigenvalue weighted by molar-refractivity contribution is 0.306. The molecule has 0 spiro atoms. The number of halogens is 1. The van der Waals surface area contributed by atoms with Crippen molar-refractivity contribution in [2.45, 2.75) is 23.6 Å².